The number of piperazine rings is 1. The average Bonchev–Trinajstić information content (AvgIpc) is 3.44. The smallest absolute Gasteiger partial charge is 0.242 e. The van der Waals surface area contributed by atoms with E-state index >= 15 is 0 Å². The van der Waals surface area contributed by atoms with Crippen molar-refractivity contribution in [3.05, 3.63) is 34.9 Å². The molecule has 1 amide bonds. The Hall–Kier alpha value is -1.06. The summed E-state index contributed by atoms with van der Waals surface area (Å²) in [6.07, 6.45) is 3.53. The monoisotopic (exact) mass is 520 g/mol. The SMILES string of the molecule is CN=C(NCC1(CCOC)CC1)N1CCN(Cc2ccc(Cl)cc2)C(=O)C1.I. The van der Waals surface area contributed by atoms with Gasteiger partial charge in [-0.3, -0.25) is 9.79 Å². The first kappa shape index (κ1) is 23.2. The highest BCUT2D eigenvalue weighted by atomic mass is 127. The minimum atomic E-state index is 0. The maximum atomic E-state index is 12.6. The highest BCUT2D eigenvalue weighted by Crippen LogP contribution is 2.48. The number of hydrogen-bond donors (Lipinski definition) is 1. The Balaban J connectivity index is 0.00000280. The van der Waals surface area contributed by atoms with E-state index in [2.05, 4.69) is 10.3 Å². The van der Waals surface area contributed by atoms with Crippen LogP contribution in [0.15, 0.2) is 29.3 Å². The molecule has 3 rings (SSSR count). The van der Waals surface area contributed by atoms with Crippen molar-refractivity contribution in [3.8, 4) is 0 Å². The summed E-state index contributed by atoms with van der Waals surface area (Å²) < 4.78 is 5.22. The summed E-state index contributed by atoms with van der Waals surface area (Å²) in [5.41, 5.74) is 1.43. The quantitative estimate of drug-likeness (QED) is 0.341. The number of hydrogen-bond acceptors (Lipinski definition) is 3. The molecule has 6 nitrogen and oxygen atoms in total. The van der Waals surface area contributed by atoms with Gasteiger partial charge >= 0.3 is 0 Å². The van der Waals surface area contributed by atoms with E-state index in [4.69, 9.17) is 16.3 Å². The van der Waals surface area contributed by atoms with Gasteiger partial charge < -0.3 is 19.9 Å². The first-order valence-electron chi connectivity index (χ1n) is 9.52. The van der Waals surface area contributed by atoms with Crippen LogP contribution in [-0.2, 0) is 16.1 Å². The van der Waals surface area contributed by atoms with Crippen LogP contribution < -0.4 is 5.32 Å². The topological polar surface area (TPSA) is 57.2 Å². The van der Waals surface area contributed by atoms with E-state index in [0.717, 1.165) is 37.6 Å². The third-order valence-electron chi connectivity index (χ3n) is 5.53. The second-order valence-electron chi connectivity index (χ2n) is 7.51. The van der Waals surface area contributed by atoms with Gasteiger partial charge in [-0.15, -0.1) is 24.0 Å². The maximum Gasteiger partial charge on any atom is 0.242 e. The molecule has 1 saturated heterocycles. The van der Waals surface area contributed by atoms with Crippen LogP contribution >= 0.6 is 35.6 Å². The lowest BCUT2D eigenvalue weighted by molar-refractivity contribution is -0.135. The van der Waals surface area contributed by atoms with Gasteiger partial charge in [0.05, 0.1) is 6.54 Å². The number of aliphatic imine (C=N–C) groups is 1. The minimum Gasteiger partial charge on any atom is -0.385 e. The number of nitrogens with one attached hydrogen (secondary N) is 1. The lowest BCUT2D eigenvalue weighted by atomic mass is 10.0. The van der Waals surface area contributed by atoms with Crippen molar-refractivity contribution >= 4 is 47.4 Å². The molecule has 0 bridgehead atoms. The molecule has 2 aliphatic rings. The van der Waals surface area contributed by atoms with Gasteiger partial charge in [0.1, 0.15) is 0 Å². The molecule has 156 valence electrons. The zero-order chi connectivity index (χ0) is 19.3. The van der Waals surface area contributed by atoms with Crippen LogP contribution in [0.4, 0.5) is 0 Å². The molecule has 1 aromatic carbocycles. The molecule has 0 unspecified atom stereocenters. The molecule has 1 N–H and O–H groups in total. The fourth-order valence-corrected chi connectivity index (χ4v) is 3.60. The van der Waals surface area contributed by atoms with E-state index in [0.29, 0.717) is 30.1 Å². The Bertz CT molecular complexity index is 679. The second-order valence-corrected chi connectivity index (χ2v) is 7.94. The molecule has 28 heavy (non-hydrogen) atoms. The summed E-state index contributed by atoms with van der Waals surface area (Å²) in [7, 11) is 3.53. The summed E-state index contributed by atoms with van der Waals surface area (Å²) in [5.74, 6) is 0.942. The molecule has 0 atom stereocenters. The van der Waals surface area contributed by atoms with Crippen molar-refractivity contribution in [1.29, 1.82) is 0 Å². The molecule has 0 radical (unpaired) electrons. The normalized spacial score (nSPS) is 18.7. The number of amides is 1. The van der Waals surface area contributed by atoms with Crippen LogP contribution in [-0.4, -0.2) is 68.6 Å². The molecule has 0 aromatic heterocycles. The Morgan fingerprint density at radius 3 is 2.57 bits per heavy atom. The van der Waals surface area contributed by atoms with Crippen molar-refractivity contribution in [3.63, 3.8) is 0 Å². The summed E-state index contributed by atoms with van der Waals surface area (Å²) in [6.45, 7) is 4.14. The van der Waals surface area contributed by atoms with Crippen molar-refractivity contribution in [2.24, 2.45) is 10.4 Å². The van der Waals surface area contributed by atoms with Gasteiger partial charge in [0.2, 0.25) is 5.91 Å². The van der Waals surface area contributed by atoms with E-state index in [9.17, 15) is 4.79 Å². The maximum absolute atomic E-state index is 12.6. The number of methoxy groups -OCH3 is 1. The Labute approximate surface area is 189 Å². The average molecular weight is 521 g/mol. The third-order valence-corrected chi connectivity index (χ3v) is 5.78. The number of carbonyl (C=O) groups is 1. The van der Waals surface area contributed by atoms with Crippen molar-refractivity contribution in [1.82, 2.24) is 15.1 Å². The Kier molecular flexibility index (Phi) is 8.82. The lowest BCUT2D eigenvalue weighted by Gasteiger charge is -2.36. The highest BCUT2D eigenvalue weighted by Gasteiger charge is 2.42. The van der Waals surface area contributed by atoms with Crippen LogP contribution in [0.5, 0.6) is 0 Å². The number of guanidine groups is 1. The van der Waals surface area contributed by atoms with Crippen LogP contribution in [0.3, 0.4) is 0 Å². The van der Waals surface area contributed by atoms with E-state index < -0.39 is 0 Å². The molecule has 1 aliphatic carbocycles. The lowest BCUT2D eigenvalue weighted by Crippen LogP contribution is -2.55. The molecule has 1 saturated carbocycles. The van der Waals surface area contributed by atoms with Crippen molar-refractivity contribution in [2.45, 2.75) is 25.8 Å². The third kappa shape index (κ3) is 6.22. The highest BCUT2D eigenvalue weighted by molar-refractivity contribution is 14.0. The number of halogens is 2. The van der Waals surface area contributed by atoms with Gasteiger partial charge in [0, 0.05) is 52.0 Å². The van der Waals surface area contributed by atoms with Gasteiger partial charge in [-0.2, -0.15) is 0 Å². The van der Waals surface area contributed by atoms with Crippen LogP contribution in [0.2, 0.25) is 5.02 Å². The van der Waals surface area contributed by atoms with Gasteiger partial charge in [-0.25, -0.2) is 0 Å². The van der Waals surface area contributed by atoms with E-state index in [1.54, 1.807) is 14.2 Å². The first-order chi connectivity index (χ1) is 13.0. The Morgan fingerprint density at radius 1 is 1.29 bits per heavy atom. The fraction of sp³-hybridized carbons (Fsp3) is 0.600. The zero-order valence-electron chi connectivity index (χ0n) is 16.6. The molecule has 1 aromatic rings. The van der Waals surface area contributed by atoms with E-state index in [1.165, 1.54) is 12.8 Å². The molecule has 1 aliphatic heterocycles. The summed E-state index contributed by atoms with van der Waals surface area (Å²) >= 11 is 5.93. The predicted octanol–water partition coefficient (Wildman–Crippen LogP) is 2.99. The van der Waals surface area contributed by atoms with Crippen molar-refractivity contribution in [2.75, 3.05) is 46.9 Å². The van der Waals surface area contributed by atoms with Gasteiger partial charge in [0.15, 0.2) is 5.96 Å². The predicted molar refractivity (Wildman–Crippen MR) is 123 cm³/mol. The number of ether oxygens (including phenoxy) is 1. The number of benzene rings is 1. The molecule has 1 heterocycles. The summed E-state index contributed by atoms with van der Waals surface area (Å²) in [6, 6.07) is 7.66. The summed E-state index contributed by atoms with van der Waals surface area (Å²) in [4.78, 5) is 20.9. The molecule has 2 fully saturated rings. The Morgan fingerprint density at radius 2 is 2.00 bits per heavy atom. The standard InChI is InChI=1S/C20H29ClN4O2.HI/c1-22-19(23-15-20(7-8-20)9-12-27-2)25-11-10-24(18(26)14-25)13-16-3-5-17(21)6-4-16;/h3-6H,7-15H2,1-2H3,(H,22,23);1H. The number of carbonyl (C=O) groups excluding carboxylic acids is 1. The van der Waals surface area contributed by atoms with E-state index in [-0.39, 0.29) is 29.9 Å². The van der Waals surface area contributed by atoms with Crippen molar-refractivity contribution < 1.29 is 9.53 Å². The minimum absolute atomic E-state index is 0. The van der Waals surface area contributed by atoms with Gasteiger partial charge in [0.25, 0.3) is 0 Å². The number of rotatable bonds is 7. The van der Waals surface area contributed by atoms with Gasteiger partial charge in [-0.05, 0) is 42.4 Å². The molecular formula is C20H30ClIN4O2. The molecule has 0 spiro atoms. The van der Waals surface area contributed by atoms with Crippen LogP contribution in [0.25, 0.3) is 0 Å². The fourth-order valence-electron chi connectivity index (χ4n) is 3.48. The largest absolute Gasteiger partial charge is 0.385 e. The summed E-state index contributed by atoms with van der Waals surface area (Å²) in [5, 5.41) is 4.19. The van der Waals surface area contributed by atoms with Gasteiger partial charge in [-0.1, -0.05) is 23.7 Å². The first-order valence-corrected chi connectivity index (χ1v) is 9.90. The molecular weight excluding hydrogens is 491 g/mol. The van der Waals surface area contributed by atoms with Crippen LogP contribution in [0.1, 0.15) is 24.8 Å². The zero-order valence-corrected chi connectivity index (χ0v) is 19.7. The molecule has 8 heteroatoms. The van der Waals surface area contributed by atoms with Crippen LogP contribution in [0, 0.1) is 5.41 Å². The second kappa shape index (κ2) is 10.6. The van der Waals surface area contributed by atoms with E-state index in [1.807, 2.05) is 34.1 Å². The number of nitrogens with zero attached hydrogens (tertiary/aromatic N) is 3.